The van der Waals surface area contributed by atoms with Crippen LogP contribution in [0.3, 0.4) is 0 Å². The molecule has 3 rings (SSSR count). The van der Waals surface area contributed by atoms with Gasteiger partial charge in [0, 0.05) is 11.0 Å². The van der Waals surface area contributed by atoms with E-state index in [1.165, 1.54) is 0 Å². The number of benzene rings is 2. The Kier molecular flexibility index (Phi) is 8.98. The molecule has 0 saturated carbocycles. The Bertz CT molecular complexity index is 1100. The normalized spacial score (nSPS) is 13.0. The van der Waals surface area contributed by atoms with Gasteiger partial charge in [-0.2, -0.15) is 0 Å². The summed E-state index contributed by atoms with van der Waals surface area (Å²) in [4.78, 5) is 16.4. The smallest absolute Gasteiger partial charge is 0.333 e. The molecular formula is C27H30N2O3S. The van der Waals surface area contributed by atoms with E-state index in [0.29, 0.717) is 25.2 Å². The summed E-state index contributed by atoms with van der Waals surface area (Å²) < 4.78 is 10.9. The maximum atomic E-state index is 11.8. The number of carbonyl (C=O) groups is 1. The molecule has 6 heteroatoms. The average molecular weight is 463 g/mol. The number of hydrogen-bond acceptors (Lipinski definition) is 6. The molecule has 1 atom stereocenters. The minimum Gasteiger partial charge on any atom is -0.489 e. The summed E-state index contributed by atoms with van der Waals surface area (Å²) >= 11 is 1.54. The minimum absolute atomic E-state index is 0.189. The number of nitrogens with zero attached hydrogens (tertiary/aromatic N) is 1. The van der Waals surface area contributed by atoms with E-state index in [4.69, 9.17) is 15.2 Å². The van der Waals surface area contributed by atoms with Crippen LogP contribution in [0.25, 0.3) is 6.08 Å². The van der Waals surface area contributed by atoms with Crippen LogP contribution in [0.4, 0.5) is 0 Å². The molecule has 0 saturated heterocycles. The fourth-order valence-corrected chi connectivity index (χ4v) is 4.04. The second-order valence-electron chi connectivity index (χ2n) is 7.78. The monoisotopic (exact) mass is 462 g/mol. The van der Waals surface area contributed by atoms with Gasteiger partial charge in [0.2, 0.25) is 0 Å². The molecule has 0 spiro atoms. The number of rotatable bonds is 10. The molecule has 1 heterocycles. The third-order valence-electron chi connectivity index (χ3n) is 4.90. The number of esters is 1. The van der Waals surface area contributed by atoms with Gasteiger partial charge in [-0.05, 0) is 68.2 Å². The number of allylic oxidation sites excluding steroid dienone is 2. The molecule has 3 aromatic rings. The lowest BCUT2D eigenvalue weighted by molar-refractivity contribution is -0.138. The van der Waals surface area contributed by atoms with Crippen LogP contribution < -0.4 is 10.5 Å². The zero-order valence-corrected chi connectivity index (χ0v) is 20.1. The maximum absolute atomic E-state index is 11.8. The molecule has 33 heavy (non-hydrogen) atoms. The molecule has 172 valence electrons. The van der Waals surface area contributed by atoms with Gasteiger partial charge in [-0.1, -0.05) is 42.5 Å². The molecule has 0 aliphatic carbocycles. The minimum atomic E-state index is -0.303. The first-order chi connectivity index (χ1) is 15.9. The predicted molar refractivity (Wildman–Crippen MR) is 134 cm³/mol. The van der Waals surface area contributed by atoms with Crippen LogP contribution in [0.5, 0.6) is 5.75 Å². The van der Waals surface area contributed by atoms with Gasteiger partial charge in [-0.15, -0.1) is 11.3 Å². The molecule has 0 aliphatic rings. The highest BCUT2D eigenvalue weighted by Gasteiger charge is 2.12. The molecule has 1 aromatic heterocycles. The van der Waals surface area contributed by atoms with Gasteiger partial charge in [0.15, 0.2) is 0 Å². The lowest BCUT2D eigenvalue weighted by Crippen LogP contribution is -2.13. The van der Waals surface area contributed by atoms with Gasteiger partial charge in [-0.25, -0.2) is 9.78 Å². The first-order valence-corrected chi connectivity index (χ1v) is 11.8. The topological polar surface area (TPSA) is 74.4 Å². The number of aromatic nitrogens is 1. The van der Waals surface area contributed by atoms with Crippen molar-refractivity contribution in [1.82, 2.24) is 4.98 Å². The molecule has 1 unspecified atom stereocenters. The number of thiazole rings is 1. The van der Waals surface area contributed by atoms with Crippen molar-refractivity contribution in [1.29, 1.82) is 0 Å². The molecule has 5 nitrogen and oxygen atoms in total. The van der Waals surface area contributed by atoms with E-state index in [-0.39, 0.29) is 12.0 Å². The van der Waals surface area contributed by atoms with Crippen LogP contribution in [0, 0.1) is 0 Å². The van der Waals surface area contributed by atoms with Crippen molar-refractivity contribution in [3.05, 3.63) is 99.0 Å². The Morgan fingerprint density at radius 3 is 2.52 bits per heavy atom. The summed E-state index contributed by atoms with van der Waals surface area (Å²) in [6.07, 6.45) is 4.43. The van der Waals surface area contributed by atoms with E-state index >= 15 is 0 Å². The summed E-state index contributed by atoms with van der Waals surface area (Å²) in [6.45, 7) is 6.38. The predicted octanol–water partition coefficient (Wildman–Crippen LogP) is 5.88. The molecule has 0 fully saturated rings. The van der Waals surface area contributed by atoms with Crippen molar-refractivity contribution < 1.29 is 14.3 Å². The number of nitrogens with two attached hydrogens (primary N) is 1. The van der Waals surface area contributed by atoms with E-state index in [9.17, 15) is 4.79 Å². The summed E-state index contributed by atoms with van der Waals surface area (Å²) in [5, 5.41) is 2.86. The van der Waals surface area contributed by atoms with Gasteiger partial charge in [-0.3, -0.25) is 0 Å². The second-order valence-corrected chi connectivity index (χ2v) is 8.67. The van der Waals surface area contributed by atoms with Gasteiger partial charge >= 0.3 is 5.97 Å². The van der Waals surface area contributed by atoms with Crippen molar-refractivity contribution >= 4 is 23.4 Å². The molecule has 0 amide bonds. The van der Waals surface area contributed by atoms with Crippen LogP contribution in [0.1, 0.15) is 48.6 Å². The van der Waals surface area contributed by atoms with Gasteiger partial charge in [0.05, 0.1) is 18.3 Å². The third-order valence-corrected chi connectivity index (χ3v) is 5.90. The van der Waals surface area contributed by atoms with E-state index in [1.54, 1.807) is 31.3 Å². The second kappa shape index (κ2) is 12.1. The average Bonchev–Trinajstić information content (AvgIpc) is 3.28. The Hall–Kier alpha value is -3.22. The van der Waals surface area contributed by atoms with E-state index in [2.05, 4.69) is 4.98 Å². The molecule has 0 radical (unpaired) electrons. The highest BCUT2D eigenvalue weighted by Crippen LogP contribution is 2.23. The fourth-order valence-electron chi connectivity index (χ4n) is 3.26. The van der Waals surface area contributed by atoms with Crippen LogP contribution in [-0.4, -0.2) is 17.6 Å². The standard InChI is InChI=1S/C27H30N2O3S/c1-4-31-27(30)20(3)14-19(2)15-23-18-33-26(29-23)25(28)16-21-10-12-24(13-11-21)32-17-22-8-6-5-7-9-22/h5-15,18,25H,4,16-17,28H2,1-3H3/b19-15-,20-14+. The van der Waals surface area contributed by atoms with Crippen molar-refractivity contribution in [3.8, 4) is 5.75 Å². The van der Waals surface area contributed by atoms with Crippen molar-refractivity contribution in [3.63, 3.8) is 0 Å². The van der Waals surface area contributed by atoms with E-state index in [1.807, 2.05) is 73.0 Å². The zero-order valence-electron chi connectivity index (χ0n) is 19.3. The van der Waals surface area contributed by atoms with Gasteiger partial charge < -0.3 is 15.2 Å². The SMILES string of the molecule is CCOC(=O)/C(C)=C/C(C)=C\c1csc(C(N)Cc2ccc(OCc3ccccc3)cc2)n1. The lowest BCUT2D eigenvalue weighted by Gasteiger charge is -2.10. The van der Waals surface area contributed by atoms with Crippen molar-refractivity contribution in [2.24, 2.45) is 5.73 Å². The summed E-state index contributed by atoms with van der Waals surface area (Å²) in [5.41, 5.74) is 11.0. The Morgan fingerprint density at radius 1 is 1.09 bits per heavy atom. The molecular weight excluding hydrogens is 432 g/mol. The third kappa shape index (κ3) is 7.70. The van der Waals surface area contributed by atoms with Crippen molar-refractivity contribution in [2.75, 3.05) is 6.61 Å². The van der Waals surface area contributed by atoms with Crippen LogP contribution >= 0.6 is 11.3 Å². The van der Waals surface area contributed by atoms with Gasteiger partial charge in [0.1, 0.15) is 17.4 Å². The number of hydrogen-bond donors (Lipinski definition) is 1. The summed E-state index contributed by atoms with van der Waals surface area (Å²) in [7, 11) is 0. The molecule has 2 aromatic carbocycles. The molecule has 0 aliphatic heterocycles. The van der Waals surface area contributed by atoms with Crippen molar-refractivity contribution in [2.45, 2.75) is 39.8 Å². The Morgan fingerprint density at radius 2 is 1.82 bits per heavy atom. The van der Waals surface area contributed by atoms with Crippen LogP contribution in [-0.2, 0) is 22.6 Å². The number of carbonyl (C=O) groups excluding carboxylic acids is 1. The fraction of sp³-hybridized carbons (Fsp3) is 0.259. The summed E-state index contributed by atoms with van der Waals surface area (Å²) in [5.74, 6) is 0.530. The first kappa shape index (κ1) is 24.4. The van der Waals surface area contributed by atoms with Crippen LogP contribution in [0.2, 0.25) is 0 Å². The molecule has 2 N–H and O–H groups in total. The Labute approximate surface area is 199 Å². The quantitative estimate of drug-likeness (QED) is 0.231. The Balaban J connectivity index is 1.56. The number of ether oxygens (including phenoxy) is 2. The maximum Gasteiger partial charge on any atom is 0.333 e. The largest absolute Gasteiger partial charge is 0.489 e. The highest BCUT2D eigenvalue weighted by molar-refractivity contribution is 7.09. The highest BCUT2D eigenvalue weighted by atomic mass is 32.1. The molecule has 0 bridgehead atoms. The first-order valence-electron chi connectivity index (χ1n) is 10.9. The van der Waals surface area contributed by atoms with E-state index < -0.39 is 0 Å². The lowest BCUT2D eigenvalue weighted by atomic mass is 10.1. The van der Waals surface area contributed by atoms with E-state index in [0.717, 1.165) is 33.2 Å². The zero-order chi connectivity index (χ0) is 23.6. The van der Waals surface area contributed by atoms with Crippen LogP contribution in [0.15, 0.2) is 77.2 Å². The summed E-state index contributed by atoms with van der Waals surface area (Å²) in [6, 6.07) is 17.9. The van der Waals surface area contributed by atoms with Gasteiger partial charge in [0.25, 0.3) is 0 Å².